The third-order valence-electron chi connectivity index (χ3n) is 2.68. The second kappa shape index (κ2) is 3.99. The Morgan fingerprint density at radius 3 is 2.86 bits per heavy atom. The molecule has 1 nitrogen and oxygen atoms in total. The molecule has 1 N–H and O–H groups in total. The number of benzene rings is 1. The zero-order chi connectivity index (χ0) is 10.1. The summed E-state index contributed by atoms with van der Waals surface area (Å²) in [6.07, 6.45) is 1.22. The minimum absolute atomic E-state index is 0.139. The molecule has 76 valence electrons. The Morgan fingerprint density at radius 2 is 2.29 bits per heavy atom. The maximum absolute atomic E-state index is 13.3. The van der Waals surface area contributed by atoms with E-state index in [1.165, 1.54) is 12.5 Å². The minimum Gasteiger partial charge on any atom is -0.310 e. The lowest BCUT2D eigenvalue weighted by Gasteiger charge is -2.05. The molecule has 0 aliphatic heterocycles. The van der Waals surface area contributed by atoms with Crippen LogP contribution < -0.4 is 5.32 Å². The van der Waals surface area contributed by atoms with E-state index in [1.807, 2.05) is 12.1 Å². The van der Waals surface area contributed by atoms with Gasteiger partial charge < -0.3 is 5.32 Å². The number of hydrogen-bond acceptors (Lipinski definition) is 1. The molecule has 2 unspecified atom stereocenters. The summed E-state index contributed by atoms with van der Waals surface area (Å²) in [5.74, 6) is 0.619. The average molecular weight is 258 g/mol. The quantitative estimate of drug-likeness (QED) is 0.878. The smallest absolute Gasteiger partial charge is 0.128 e. The van der Waals surface area contributed by atoms with Crippen LogP contribution in [0, 0.1) is 11.7 Å². The lowest BCUT2D eigenvalue weighted by Crippen LogP contribution is -2.17. The molecule has 2 atom stereocenters. The molecule has 0 spiro atoms. The topological polar surface area (TPSA) is 12.0 Å². The van der Waals surface area contributed by atoms with Gasteiger partial charge in [-0.25, -0.2) is 4.39 Å². The molecule has 1 saturated carbocycles. The van der Waals surface area contributed by atoms with E-state index in [1.54, 1.807) is 0 Å². The van der Waals surface area contributed by atoms with E-state index < -0.39 is 0 Å². The first kappa shape index (κ1) is 10.1. The Labute approximate surface area is 91.8 Å². The van der Waals surface area contributed by atoms with Crippen molar-refractivity contribution in [1.82, 2.24) is 5.32 Å². The molecule has 1 aliphatic rings. The van der Waals surface area contributed by atoms with Crippen LogP contribution >= 0.6 is 15.9 Å². The van der Waals surface area contributed by atoms with E-state index >= 15 is 0 Å². The molecule has 0 aromatic heterocycles. The molecule has 1 fully saturated rings. The fraction of sp³-hybridized carbons (Fsp3) is 0.455. The molecule has 3 heteroatoms. The third-order valence-corrected chi connectivity index (χ3v) is 3.17. The Bertz CT molecular complexity index is 340. The fourth-order valence-electron chi connectivity index (χ4n) is 1.51. The van der Waals surface area contributed by atoms with Crippen LogP contribution in [0.5, 0.6) is 0 Å². The average Bonchev–Trinajstić information content (AvgIpc) is 2.80. The molecule has 1 aromatic carbocycles. The van der Waals surface area contributed by atoms with E-state index in [4.69, 9.17) is 0 Å². The van der Waals surface area contributed by atoms with Gasteiger partial charge in [0.25, 0.3) is 0 Å². The second-order valence-corrected chi connectivity index (χ2v) is 4.85. The number of hydrogen-bond donors (Lipinski definition) is 1. The van der Waals surface area contributed by atoms with Gasteiger partial charge in [-0.05, 0) is 24.5 Å². The predicted octanol–water partition coefficient (Wildman–Crippen LogP) is 3.09. The van der Waals surface area contributed by atoms with Crippen LogP contribution in [-0.2, 0) is 6.54 Å². The van der Waals surface area contributed by atoms with Crippen LogP contribution in [-0.4, -0.2) is 6.04 Å². The summed E-state index contributed by atoms with van der Waals surface area (Å²) < 4.78 is 14.1. The van der Waals surface area contributed by atoms with Crippen molar-refractivity contribution in [2.75, 3.05) is 0 Å². The highest BCUT2D eigenvalue weighted by molar-refractivity contribution is 9.10. The standard InChI is InChI=1S/C11H13BrFN/c1-7-4-11(7)14-6-8-2-3-9(12)5-10(8)13/h2-3,5,7,11,14H,4,6H2,1H3. The highest BCUT2D eigenvalue weighted by Crippen LogP contribution is 2.29. The van der Waals surface area contributed by atoms with Crippen molar-refractivity contribution in [1.29, 1.82) is 0 Å². The highest BCUT2D eigenvalue weighted by Gasteiger charge is 2.31. The number of rotatable bonds is 3. The van der Waals surface area contributed by atoms with Crippen LogP contribution in [0.1, 0.15) is 18.9 Å². The molecule has 0 amide bonds. The summed E-state index contributed by atoms with van der Waals surface area (Å²) in [5.41, 5.74) is 0.743. The summed E-state index contributed by atoms with van der Waals surface area (Å²) in [6, 6.07) is 5.79. The molecule has 0 radical (unpaired) electrons. The van der Waals surface area contributed by atoms with Crippen LogP contribution in [0.15, 0.2) is 22.7 Å². The Morgan fingerprint density at radius 1 is 1.57 bits per heavy atom. The van der Waals surface area contributed by atoms with Gasteiger partial charge in [0.15, 0.2) is 0 Å². The summed E-state index contributed by atoms with van der Waals surface area (Å²) in [6.45, 7) is 2.84. The van der Waals surface area contributed by atoms with E-state index in [-0.39, 0.29) is 5.82 Å². The van der Waals surface area contributed by atoms with Crippen molar-refractivity contribution in [2.45, 2.75) is 25.9 Å². The van der Waals surface area contributed by atoms with Gasteiger partial charge in [-0.3, -0.25) is 0 Å². The van der Waals surface area contributed by atoms with Gasteiger partial charge in [-0.1, -0.05) is 28.9 Å². The molecule has 1 aliphatic carbocycles. The van der Waals surface area contributed by atoms with Crippen molar-refractivity contribution in [3.05, 3.63) is 34.1 Å². The molecular weight excluding hydrogens is 245 g/mol. The van der Waals surface area contributed by atoms with Crippen LogP contribution in [0.25, 0.3) is 0 Å². The molecule has 0 saturated heterocycles. The normalized spacial score (nSPS) is 25.1. The van der Waals surface area contributed by atoms with Gasteiger partial charge in [0.1, 0.15) is 5.82 Å². The zero-order valence-corrected chi connectivity index (χ0v) is 9.64. The highest BCUT2D eigenvalue weighted by atomic mass is 79.9. The molecule has 14 heavy (non-hydrogen) atoms. The summed E-state index contributed by atoms with van der Waals surface area (Å²) in [4.78, 5) is 0. The van der Waals surface area contributed by atoms with Gasteiger partial charge in [-0.15, -0.1) is 0 Å². The van der Waals surface area contributed by atoms with Crippen LogP contribution in [0.3, 0.4) is 0 Å². The first-order valence-electron chi connectivity index (χ1n) is 4.84. The predicted molar refractivity (Wildman–Crippen MR) is 58.5 cm³/mol. The lowest BCUT2D eigenvalue weighted by atomic mass is 10.2. The maximum atomic E-state index is 13.3. The summed E-state index contributed by atoms with van der Waals surface area (Å²) >= 11 is 3.24. The number of halogens is 2. The van der Waals surface area contributed by atoms with Crippen LogP contribution in [0.2, 0.25) is 0 Å². The van der Waals surface area contributed by atoms with Crippen LogP contribution in [0.4, 0.5) is 4.39 Å². The Balaban J connectivity index is 1.95. The Hall–Kier alpha value is -0.410. The SMILES string of the molecule is CC1CC1NCc1ccc(Br)cc1F. The van der Waals surface area contributed by atoms with Crippen molar-refractivity contribution >= 4 is 15.9 Å². The first-order chi connectivity index (χ1) is 6.66. The molecule has 2 rings (SSSR count). The zero-order valence-electron chi connectivity index (χ0n) is 8.06. The molecule has 1 aromatic rings. The molecule has 0 heterocycles. The maximum Gasteiger partial charge on any atom is 0.128 e. The van der Waals surface area contributed by atoms with Crippen molar-refractivity contribution < 1.29 is 4.39 Å². The van der Waals surface area contributed by atoms with Gasteiger partial charge in [-0.2, -0.15) is 0 Å². The fourth-order valence-corrected chi connectivity index (χ4v) is 1.85. The monoisotopic (exact) mass is 257 g/mol. The van der Waals surface area contributed by atoms with E-state index in [2.05, 4.69) is 28.2 Å². The molecule has 0 bridgehead atoms. The van der Waals surface area contributed by atoms with Crippen molar-refractivity contribution in [3.63, 3.8) is 0 Å². The molecular formula is C11H13BrFN. The Kier molecular flexibility index (Phi) is 2.88. The van der Waals surface area contributed by atoms with E-state index in [0.29, 0.717) is 12.6 Å². The second-order valence-electron chi connectivity index (χ2n) is 3.94. The lowest BCUT2D eigenvalue weighted by molar-refractivity contribution is 0.579. The van der Waals surface area contributed by atoms with Gasteiger partial charge in [0.05, 0.1) is 0 Å². The van der Waals surface area contributed by atoms with Gasteiger partial charge in [0, 0.05) is 22.6 Å². The van der Waals surface area contributed by atoms with Gasteiger partial charge >= 0.3 is 0 Å². The third kappa shape index (κ3) is 2.34. The van der Waals surface area contributed by atoms with Crippen molar-refractivity contribution in [3.8, 4) is 0 Å². The van der Waals surface area contributed by atoms with E-state index in [9.17, 15) is 4.39 Å². The first-order valence-corrected chi connectivity index (χ1v) is 5.63. The summed E-state index contributed by atoms with van der Waals surface area (Å²) in [7, 11) is 0. The largest absolute Gasteiger partial charge is 0.310 e. The number of nitrogens with one attached hydrogen (secondary N) is 1. The van der Waals surface area contributed by atoms with Crippen molar-refractivity contribution in [2.24, 2.45) is 5.92 Å². The summed E-state index contributed by atoms with van der Waals surface area (Å²) in [5, 5.41) is 3.33. The minimum atomic E-state index is -0.139. The van der Waals surface area contributed by atoms with Gasteiger partial charge in [0.2, 0.25) is 0 Å². The van der Waals surface area contributed by atoms with E-state index in [0.717, 1.165) is 16.0 Å².